The van der Waals surface area contributed by atoms with Crippen LogP contribution in [0.25, 0.3) is 11.2 Å². The van der Waals surface area contributed by atoms with Gasteiger partial charge in [0.25, 0.3) is 5.56 Å². The highest BCUT2D eigenvalue weighted by molar-refractivity contribution is 5.71. The number of hydrogen-bond donors (Lipinski definition) is 3. The second kappa shape index (κ2) is 9.86. The molecule has 0 bridgehead atoms. The molecule has 0 aromatic carbocycles. The van der Waals surface area contributed by atoms with Crippen molar-refractivity contribution in [1.82, 2.24) is 19.1 Å². The fraction of sp³-hybridized carbons (Fsp3) is 0.650. The van der Waals surface area contributed by atoms with Crippen molar-refractivity contribution in [2.24, 2.45) is 0 Å². The summed E-state index contributed by atoms with van der Waals surface area (Å²) in [5.74, 6) is 0.306. The lowest BCUT2D eigenvalue weighted by molar-refractivity contribution is -0.108. The van der Waals surface area contributed by atoms with E-state index in [0.717, 1.165) is 12.6 Å². The maximum absolute atomic E-state index is 13.3. The number of imidazole rings is 1. The molecule has 3 N–H and O–H groups in total. The van der Waals surface area contributed by atoms with Crippen LogP contribution in [-0.2, 0) is 19.1 Å². The van der Waals surface area contributed by atoms with Crippen molar-refractivity contribution in [2.75, 3.05) is 11.9 Å². The molecule has 2 aliphatic heterocycles. The number of unbranched alkanes of at least 4 members (excludes halogenated alkanes) is 2. The lowest BCUT2D eigenvalue weighted by atomic mass is 10.2. The van der Waals surface area contributed by atoms with Gasteiger partial charge < -0.3 is 34.6 Å². The third-order valence-electron chi connectivity index (χ3n) is 5.78. The molecule has 5 atom stereocenters. The first-order valence-electron chi connectivity index (χ1n) is 10.8. The van der Waals surface area contributed by atoms with Crippen LogP contribution in [0, 0.1) is 0 Å². The number of fused-ring (bicyclic) bond motifs is 2. The first-order chi connectivity index (χ1) is 15.6. The topological polar surface area (TPSA) is 158 Å². The predicted octanol–water partition coefficient (Wildman–Crippen LogP) is 0.239. The molecule has 0 aliphatic carbocycles. The summed E-state index contributed by atoms with van der Waals surface area (Å²) in [5.41, 5.74) is 0.0325. The molecule has 4 rings (SSSR count). The average molecular weight is 449 g/mol. The van der Waals surface area contributed by atoms with Gasteiger partial charge in [0, 0.05) is 19.3 Å². The number of aldehydes is 2. The van der Waals surface area contributed by atoms with Gasteiger partial charge in [-0.3, -0.25) is 9.36 Å². The van der Waals surface area contributed by atoms with E-state index < -0.39 is 36.5 Å². The molecule has 1 saturated heterocycles. The number of aliphatic hydroxyl groups is 2. The third kappa shape index (κ3) is 4.31. The summed E-state index contributed by atoms with van der Waals surface area (Å²) in [7, 11) is 0. The van der Waals surface area contributed by atoms with Gasteiger partial charge in [-0.25, -0.2) is 9.55 Å². The first kappa shape index (κ1) is 22.5. The number of nitrogens with one attached hydrogen (secondary N) is 1. The Balaban J connectivity index is 1.69. The molecule has 1 fully saturated rings. The molecule has 2 aliphatic rings. The summed E-state index contributed by atoms with van der Waals surface area (Å²) in [6.07, 6.45) is 3.01. The Morgan fingerprint density at radius 3 is 2.62 bits per heavy atom. The van der Waals surface area contributed by atoms with E-state index in [4.69, 9.17) is 9.47 Å². The van der Waals surface area contributed by atoms with Crippen LogP contribution in [0.3, 0.4) is 0 Å². The smallest absolute Gasteiger partial charge is 0.285 e. The Morgan fingerprint density at radius 1 is 1.19 bits per heavy atom. The van der Waals surface area contributed by atoms with Gasteiger partial charge in [0.15, 0.2) is 11.2 Å². The van der Waals surface area contributed by atoms with Gasteiger partial charge in [-0.15, -0.1) is 0 Å². The molecule has 0 radical (unpaired) electrons. The SMILES string of the molecule is O=CCCCC1Nc2nc3c(ncn3[C@H]3C[C@H](O)[C@@H](CO)O3)c(=O)n2C(CCCC=O)O1. The molecule has 4 heterocycles. The number of nitrogens with zero attached hydrogens (tertiary/aromatic N) is 4. The summed E-state index contributed by atoms with van der Waals surface area (Å²) in [5, 5.41) is 22.5. The zero-order chi connectivity index (χ0) is 22.7. The number of carbonyl (C=O) groups excluding carboxylic acids is 2. The third-order valence-corrected chi connectivity index (χ3v) is 5.78. The van der Waals surface area contributed by atoms with Gasteiger partial charge in [0.2, 0.25) is 5.95 Å². The number of hydrogen-bond acceptors (Lipinski definition) is 10. The van der Waals surface area contributed by atoms with Crippen LogP contribution in [0.1, 0.15) is 57.4 Å². The Kier molecular flexibility index (Phi) is 6.94. The van der Waals surface area contributed by atoms with Crippen LogP contribution in [-0.4, -0.2) is 66.9 Å². The van der Waals surface area contributed by atoms with Crippen LogP contribution in [0.2, 0.25) is 0 Å². The lowest BCUT2D eigenvalue weighted by Gasteiger charge is -2.34. The Bertz CT molecular complexity index is 1020. The molecule has 12 heteroatoms. The highest BCUT2D eigenvalue weighted by atomic mass is 16.5. The number of anilines is 1. The lowest BCUT2D eigenvalue weighted by Crippen LogP contribution is -2.41. The van der Waals surface area contributed by atoms with Gasteiger partial charge in [0.05, 0.1) is 19.0 Å². The van der Waals surface area contributed by atoms with E-state index in [1.165, 1.54) is 10.9 Å². The molecular formula is C20H27N5O7. The highest BCUT2D eigenvalue weighted by Crippen LogP contribution is 2.32. The fourth-order valence-corrected chi connectivity index (χ4v) is 4.14. The van der Waals surface area contributed by atoms with E-state index in [9.17, 15) is 24.6 Å². The normalized spacial score (nSPS) is 27.2. The van der Waals surface area contributed by atoms with Crippen molar-refractivity contribution >= 4 is 29.7 Å². The molecule has 12 nitrogen and oxygen atoms in total. The van der Waals surface area contributed by atoms with E-state index in [2.05, 4.69) is 15.3 Å². The Hall–Kier alpha value is -2.67. The van der Waals surface area contributed by atoms with Gasteiger partial charge in [-0.2, -0.15) is 4.98 Å². The summed E-state index contributed by atoms with van der Waals surface area (Å²) >= 11 is 0. The van der Waals surface area contributed by atoms with Crippen molar-refractivity contribution in [2.45, 2.75) is 75.8 Å². The maximum atomic E-state index is 13.3. The summed E-state index contributed by atoms with van der Waals surface area (Å²) in [4.78, 5) is 43.5. The van der Waals surface area contributed by atoms with Crippen LogP contribution in [0.5, 0.6) is 0 Å². The van der Waals surface area contributed by atoms with Crippen molar-refractivity contribution in [3.63, 3.8) is 0 Å². The first-order valence-corrected chi connectivity index (χ1v) is 10.8. The van der Waals surface area contributed by atoms with E-state index >= 15 is 0 Å². The van der Waals surface area contributed by atoms with Crippen LogP contribution in [0.4, 0.5) is 5.95 Å². The summed E-state index contributed by atoms with van der Waals surface area (Å²) in [6, 6.07) is 0. The van der Waals surface area contributed by atoms with Crippen LogP contribution < -0.4 is 10.9 Å². The number of carbonyl (C=O) groups is 2. The summed E-state index contributed by atoms with van der Waals surface area (Å²) < 4.78 is 14.7. The fourth-order valence-electron chi connectivity index (χ4n) is 4.14. The zero-order valence-electron chi connectivity index (χ0n) is 17.5. The number of aliphatic hydroxyl groups excluding tert-OH is 2. The number of aromatic nitrogens is 4. The highest BCUT2D eigenvalue weighted by Gasteiger charge is 2.36. The molecular weight excluding hydrogens is 422 g/mol. The Morgan fingerprint density at radius 2 is 1.94 bits per heavy atom. The van der Waals surface area contributed by atoms with Crippen LogP contribution >= 0.6 is 0 Å². The van der Waals surface area contributed by atoms with Gasteiger partial charge in [-0.1, -0.05) is 0 Å². The van der Waals surface area contributed by atoms with E-state index in [1.54, 1.807) is 4.57 Å². The molecule has 2 unspecified atom stereocenters. The molecule has 174 valence electrons. The van der Waals surface area contributed by atoms with Gasteiger partial charge in [0.1, 0.15) is 37.4 Å². The second-order valence-corrected chi connectivity index (χ2v) is 7.97. The van der Waals surface area contributed by atoms with Crippen molar-refractivity contribution < 1.29 is 29.3 Å². The minimum atomic E-state index is -0.836. The maximum Gasteiger partial charge on any atom is 0.285 e. The minimum absolute atomic E-state index is 0.129. The average Bonchev–Trinajstić information content (AvgIpc) is 3.37. The van der Waals surface area contributed by atoms with E-state index in [-0.39, 0.29) is 18.5 Å². The quantitative estimate of drug-likeness (QED) is 0.339. The largest absolute Gasteiger partial charge is 0.394 e. The zero-order valence-corrected chi connectivity index (χ0v) is 17.5. The van der Waals surface area contributed by atoms with Crippen molar-refractivity contribution in [3.05, 3.63) is 16.7 Å². The molecule has 2 aromatic rings. The van der Waals surface area contributed by atoms with Gasteiger partial charge >= 0.3 is 0 Å². The molecule has 32 heavy (non-hydrogen) atoms. The number of ether oxygens (including phenoxy) is 2. The van der Waals surface area contributed by atoms with Crippen molar-refractivity contribution in [3.8, 4) is 0 Å². The molecule has 0 spiro atoms. The Labute approximate surface area is 183 Å². The monoisotopic (exact) mass is 449 g/mol. The predicted molar refractivity (Wildman–Crippen MR) is 111 cm³/mol. The molecule has 0 amide bonds. The van der Waals surface area contributed by atoms with E-state index in [1.807, 2.05) is 0 Å². The second-order valence-electron chi connectivity index (χ2n) is 7.97. The molecule has 2 aromatic heterocycles. The van der Waals surface area contributed by atoms with Crippen LogP contribution in [0.15, 0.2) is 11.1 Å². The standard InChI is InChI=1S/C20H27N5O7/c26-7-3-1-5-14-22-20-23-18-17(19(30)25(20)15(32-14)6-2-4-8-27)21-11-24(18)16-9-12(29)13(10-28)31-16/h7-8,11-16,28-29H,1-6,9-10H2,(H,22,23)/t12-,13+,14?,15?,16+/m0/s1. The number of rotatable bonds is 10. The van der Waals surface area contributed by atoms with Crippen molar-refractivity contribution in [1.29, 1.82) is 0 Å². The molecule has 0 saturated carbocycles. The minimum Gasteiger partial charge on any atom is -0.394 e. The summed E-state index contributed by atoms with van der Waals surface area (Å²) in [6.45, 7) is -0.320. The van der Waals surface area contributed by atoms with E-state index in [0.29, 0.717) is 50.1 Å². The van der Waals surface area contributed by atoms with Gasteiger partial charge in [-0.05, 0) is 25.7 Å².